The van der Waals surface area contributed by atoms with E-state index in [2.05, 4.69) is 5.32 Å². The first-order valence-electron chi connectivity index (χ1n) is 7.39. The number of hydrogen-bond acceptors (Lipinski definition) is 3. The molecule has 0 aromatic heterocycles. The number of amides is 1. The lowest BCUT2D eigenvalue weighted by molar-refractivity contribution is -0.137. The van der Waals surface area contributed by atoms with Crippen LogP contribution in [-0.2, 0) is 9.59 Å². The van der Waals surface area contributed by atoms with Gasteiger partial charge in [-0.1, -0.05) is 18.2 Å². The molecule has 2 N–H and O–H groups in total. The first-order valence-corrected chi connectivity index (χ1v) is 7.39. The molecule has 0 fully saturated rings. The van der Waals surface area contributed by atoms with Gasteiger partial charge in [0.2, 0.25) is 5.91 Å². The molecule has 24 heavy (non-hydrogen) atoms. The molecule has 0 spiro atoms. The summed E-state index contributed by atoms with van der Waals surface area (Å²) < 4.78 is 18.2. The molecule has 0 aliphatic rings. The maximum Gasteiger partial charge on any atom is 0.303 e. The van der Waals surface area contributed by atoms with Crippen LogP contribution in [-0.4, -0.2) is 24.1 Å². The SMILES string of the molecule is COc1ccc(C(CC(=O)O)CC(=O)Nc2cccc(F)c2)cc1. The largest absolute Gasteiger partial charge is 0.497 e. The standard InChI is InChI=1S/C18H18FNO4/c1-24-16-7-5-12(6-8-16)13(10-18(22)23)9-17(21)20-15-4-2-3-14(19)11-15/h2-8,11,13H,9-10H2,1H3,(H,20,21)(H,22,23). The number of carboxylic acids is 1. The second-order valence-electron chi connectivity index (χ2n) is 5.33. The third kappa shape index (κ3) is 5.08. The molecule has 0 saturated carbocycles. The van der Waals surface area contributed by atoms with Crippen molar-refractivity contribution >= 4 is 17.6 Å². The Bertz CT molecular complexity index is 715. The number of hydrogen-bond donors (Lipinski definition) is 2. The van der Waals surface area contributed by atoms with Gasteiger partial charge in [-0.25, -0.2) is 4.39 Å². The molecule has 5 nitrogen and oxygen atoms in total. The Hall–Kier alpha value is -2.89. The fourth-order valence-electron chi connectivity index (χ4n) is 2.40. The maximum atomic E-state index is 13.1. The summed E-state index contributed by atoms with van der Waals surface area (Å²) >= 11 is 0. The average molecular weight is 331 g/mol. The molecule has 0 aliphatic heterocycles. The van der Waals surface area contributed by atoms with E-state index in [-0.39, 0.29) is 18.7 Å². The summed E-state index contributed by atoms with van der Waals surface area (Å²) in [6.45, 7) is 0. The van der Waals surface area contributed by atoms with E-state index in [1.165, 1.54) is 25.3 Å². The van der Waals surface area contributed by atoms with Crippen molar-refractivity contribution in [3.05, 3.63) is 59.9 Å². The van der Waals surface area contributed by atoms with Crippen molar-refractivity contribution in [2.45, 2.75) is 18.8 Å². The van der Waals surface area contributed by atoms with Crippen LogP contribution in [0, 0.1) is 5.82 Å². The third-order valence-corrected chi connectivity index (χ3v) is 3.55. The monoisotopic (exact) mass is 331 g/mol. The zero-order valence-electron chi connectivity index (χ0n) is 13.2. The predicted octanol–water partition coefficient (Wildman–Crippen LogP) is 3.42. The third-order valence-electron chi connectivity index (χ3n) is 3.55. The van der Waals surface area contributed by atoms with Crippen LogP contribution in [0.15, 0.2) is 48.5 Å². The molecular formula is C18H18FNO4. The lowest BCUT2D eigenvalue weighted by Gasteiger charge is -2.16. The van der Waals surface area contributed by atoms with Crippen LogP contribution in [0.3, 0.4) is 0 Å². The highest BCUT2D eigenvalue weighted by molar-refractivity contribution is 5.91. The second kappa shape index (κ2) is 8.10. The predicted molar refractivity (Wildman–Crippen MR) is 87.6 cm³/mol. The van der Waals surface area contributed by atoms with Gasteiger partial charge in [-0.2, -0.15) is 0 Å². The summed E-state index contributed by atoms with van der Waals surface area (Å²) in [4.78, 5) is 23.2. The van der Waals surface area contributed by atoms with Crippen LogP contribution in [0.4, 0.5) is 10.1 Å². The van der Waals surface area contributed by atoms with Gasteiger partial charge in [0.25, 0.3) is 0 Å². The summed E-state index contributed by atoms with van der Waals surface area (Å²) in [5.74, 6) is -1.65. The molecule has 0 bridgehead atoms. The lowest BCUT2D eigenvalue weighted by atomic mass is 9.92. The summed E-state index contributed by atoms with van der Waals surface area (Å²) in [5, 5.41) is 11.7. The van der Waals surface area contributed by atoms with Crippen molar-refractivity contribution in [2.75, 3.05) is 12.4 Å². The minimum atomic E-state index is -0.991. The van der Waals surface area contributed by atoms with Crippen LogP contribution in [0.2, 0.25) is 0 Å². The highest BCUT2D eigenvalue weighted by Crippen LogP contribution is 2.26. The number of methoxy groups -OCH3 is 1. The molecule has 0 heterocycles. The van der Waals surface area contributed by atoms with Crippen LogP contribution < -0.4 is 10.1 Å². The Morgan fingerprint density at radius 1 is 1.17 bits per heavy atom. The van der Waals surface area contributed by atoms with Crippen molar-refractivity contribution in [1.82, 2.24) is 0 Å². The van der Waals surface area contributed by atoms with Gasteiger partial charge in [0.05, 0.1) is 13.5 Å². The van der Waals surface area contributed by atoms with E-state index in [1.807, 2.05) is 0 Å². The Balaban J connectivity index is 2.09. The fourth-order valence-corrected chi connectivity index (χ4v) is 2.40. The molecule has 126 valence electrons. The minimum Gasteiger partial charge on any atom is -0.497 e. The van der Waals surface area contributed by atoms with Crippen molar-refractivity contribution in [3.63, 3.8) is 0 Å². The van der Waals surface area contributed by atoms with Crippen molar-refractivity contribution in [3.8, 4) is 5.75 Å². The number of carbonyl (C=O) groups is 2. The first kappa shape index (κ1) is 17.5. The van der Waals surface area contributed by atoms with E-state index in [9.17, 15) is 14.0 Å². The molecule has 1 unspecified atom stereocenters. The Labute approximate surface area is 139 Å². The van der Waals surface area contributed by atoms with E-state index in [4.69, 9.17) is 9.84 Å². The fraction of sp³-hybridized carbons (Fsp3) is 0.222. The smallest absolute Gasteiger partial charge is 0.303 e. The van der Waals surface area contributed by atoms with E-state index in [1.54, 1.807) is 30.3 Å². The molecule has 0 aliphatic carbocycles. The number of carboxylic acid groups (broad SMARTS) is 1. The van der Waals surface area contributed by atoms with Gasteiger partial charge in [0.1, 0.15) is 11.6 Å². The van der Waals surface area contributed by atoms with Crippen LogP contribution in [0.25, 0.3) is 0 Å². The molecule has 2 aromatic carbocycles. The zero-order chi connectivity index (χ0) is 17.5. The van der Waals surface area contributed by atoms with Crippen molar-refractivity contribution < 1.29 is 23.8 Å². The van der Waals surface area contributed by atoms with Crippen molar-refractivity contribution in [2.24, 2.45) is 0 Å². The van der Waals surface area contributed by atoms with E-state index in [0.717, 1.165) is 5.56 Å². The number of rotatable bonds is 7. The Kier molecular flexibility index (Phi) is 5.89. The minimum absolute atomic E-state index is 0.0187. The normalized spacial score (nSPS) is 11.6. The number of halogens is 1. The Morgan fingerprint density at radius 3 is 2.46 bits per heavy atom. The molecule has 6 heteroatoms. The van der Waals surface area contributed by atoms with Crippen molar-refractivity contribution in [1.29, 1.82) is 0 Å². The molecule has 0 saturated heterocycles. The van der Waals surface area contributed by atoms with Gasteiger partial charge >= 0.3 is 5.97 Å². The number of anilines is 1. The molecule has 2 aromatic rings. The van der Waals surface area contributed by atoms with Gasteiger partial charge in [-0.05, 0) is 35.9 Å². The van der Waals surface area contributed by atoms with Gasteiger partial charge in [-0.15, -0.1) is 0 Å². The number of carbonyl (C=O) groups excluding carboxylic acids is 1. The molecule has 0 radical (unpaired) electrons. The van der Waals surface area contributed by atoms with Crippen LogP contribution in [0.1, 0.15) is 24.3 Å². The number of benzene rings is 2. The maximum absolute atomic E-state index is 13.1. The summed E-state index contributed by atoms with van der Waals surface area (Å²) in [6.07, 6.45) is -0.196. The van der Waals surface area contributed by atoms with Crippen LogP contribution >= 0.6 is 0 Å². The second-order valence-corrected chi connectivity index (χ2v) is 5.33. The topological polar surface area (TPSA) is 75.6 Å². The van der Waals surface area contributed by atoms with E-state index < -0.39 is 17.7 Å². The highest BCUT2D eigenvalue weighted by Gasteiger charge is 2.19. The van der Waals surface area contributed by atoms with Gasteiger partial charge in [0.15, 0.2) is 0 Å². The lowest BCUT2D eigenvalue weighted by Crippen LogP contribution is -2.17. The van der Waals surface area contributed by atoms with Gasteiger partial charge < -0.3 is 15.2 Å². The molecular weight excluding hydrogens is 313 g/mol. The zero-order valence-corrected chi connectivity index (χ0v) is 13.2. The molecule has 2 rings (SSSR count). The quantitative estimate of drug-likeness (QED) is 0.815. The number of ether oxygens (including phenoxy) is 1. The van der Waals surface area contributed by atoms with E-state index >= 15 is 0 Å². The average Bonchev–Trinajstić information content (AvgIpc) is 2.54. The summed E-state index contributed by atoms with van der Waals surface area (Å²) in [6, 6.07) is 12.5. The molecule has 1 atom stereocenters. The van der Waals surface area contributed by atoms with E-state index in [0.29, 0.717) is 11.4 Å². The highest BCUT2D eigenvalue weighted by atomic mass is 19.1. The van der Waals surface area contributed by atoms with Gasteiger partial charge in [-0.3, -0.25) is 9.59 Å². The number of nitrogens with one attached hydrogen (secondary N) is 1. The Morgan fingerprint density at radius 2 is 1.88 bits per heavy atom. The first-order chi connectivity index (χ1) is 11.5. The van der Waals surface area contributed by atoms with Crippen LogP contribution in [0.5, 0.6) is 5.75 Å². The summed E-state index contributed by atoms with van der Waals surface area (Å²) in [7, 11) is 1.54. The summed E-state index contributed by atoms with van der Waals surface area (Å²) in [5.41, 5.74) is 1.07. The van der Waals surface area contributed by atoms with Gasteiger partial charge in [0, 0.05) is 18.0 Å². The number of aliphatic carboxylic acids is 1. The molecule has 1 amide bonds.